The SMILES string of the molecule is CCc1ccc(S(=O)(=O)N2CCN(C(=O)c3ccc(N(C)C)cc3)CC2)cc1. The average Bonchev–Trinajstić information content (AvgIpc) is 2.73. The fraction of sp³-hybridized carbons (Fsp3) is 0.381. The smallest absolute Gasteiger partial charge is 0.253 e. The molecular weight excluding hydrogens is 374 g/mol. The summed E-state index contributed by atoms with van der Waals surface area (Å²) in [5, 5.41) is 0. The van der Waals surface area contributed by atoms with Crippen molar-refractivity contribution in [2.45, 2.75) is 18.2 Å². The number of benzene rings is 2. The predicted octanol–water partition coefficient (Wildman–Crippen LogP) is 2.46. The van der Waals surface area contributed by atoms with Gasteiger partial charge in [-0.1, -0.05) is 19.1 Å². The monoisotopic (exact) mass is 401 g/mol. The molecule has 1 aliphatic rings. The first-order valence-electron chi connectivity index (χ1n) is 9.48. The molecule has 6 nitrogen and oxygen atoms in total. The van der Waals surface area contributed by atoms with Gasteiger partial charge in [0.1, 0.15) is 0 Å². The highest BCUT2D eigenvalue weighted by atomic mass is 32.2. The molecule has 1 fully saturated rings. The van der Waals surface area contributed by atoms with Crippen molar-refractivity contribution in [3.63, 3.8) is 0 Å². The number of piperazine rings is 1. The largest absolute Gasteiger partial charge is 0.378 e. The Morgan fingerprint density at radius 1 is 0.929 bits per heavy atom. The van der Waals surface area contributed by atoms with Crippen molar-refractivity contribution >= 4 is 21.6 Å². The Hall–Kier alpha value is -2.38. The molecule has 0 aromatic heterocycles. The molecule has 0 N–H and O–H groups in total. The summed E-state index contributed by atoms with van der Waals surface area (Å²) in [4.78, 5) is 16.7. The summed E-state index contributed by atoms with van der Waals surface area (Å²) in [7, 11) is 0.375. The van der Waals surface area contributed by atoms with Crippen LogP contribution in [0.2, 0.25) is 0 Å². The molecule has 0 bridgehead atoms. The van der Waals surface area contributed by atoms with Crippen LogP contribution in [0.25, 0.3) is 0 Å². The molecule has 0 aliphatic carbocycles. The van der Waals surface area contributed by atoms with E-state index >= 15 is 0 Å². The molecule has 0 spiro atoms. The van der Waals surface area contributed by atoms with E-state index in [1.54, 1.807) is 17.0 Å². The summed E-state index contributed by atoms with van der Waals surface area (Å²) in [6, 6.07) is 14.5. The third-order valence-corrected chi connectivity index (χ3v) is 7.04. The van der Waals surface area contributed by atoms with Crippen LogP contribution in [0.3, 0.4) is 0 Å². The Morgan fingerprint density at radius 3 is 2.00 bits per heavy atom. The molecule has 2 aromatic rings. The minimum Gasteiger partial charge on any atom is -0.378 e. The molecular formula is C21H27N3O3S. The molecule has 150 valence electrons. The van der Waals surface area contributed by atoms with Gasteiger partial charge in [-0.05, 0) is 48.4 Å². The maximum atomic E-state index is 12.9. The summed E-state index contributed by atoms with van der Waals surface area (Å²) < 4.78 is 27.2. The lowest BCUT2D eigenvalue weighted by Gasteiger charge is -2.34. The van der Waals surface area contributed by atoms with Crippen LogP contribution in [0.1, 0.15) is 22.8 Å². The second-order valence-electron chi connectivity index (χ2n) is 7.14. The van der Waals surface area contributed by atoms with Crippen molar-refractivity contribution in [1.82, 2.24) is 9.21 Å². The van der Waals surface area contributed by atoms with Crippen LogP contribution >= 0.6 is 0 Å². The Labute approximate surface area is 167 Å². The number of hydrogen-bond acceptors (Lipinski definition) is 4. The molecule has 1 amide bonds. The zero-order chi connectivity index (χ0) is 20.3. The van der Waals surface area contributed by atoms with E-state index in [0.717, 1.165) is 17.7 Å². The Balaban J connectivity index is 1.65. The van der Waals surface area contributed by atoms with Gasteiger partial charge in [0.2, 0.25) is 10.0 Å². The standard InChI is InChI=1S/C21H27N3O3S/c1-4-17-5-11-20(12-6-17)28(26,27)24-15-13-23(14-16-24)21(25)18-7-9-19(10-8-18)22(2)3/h5-12H,4,13-16H2,1-3H3. The van der Waals surface area contributed by atoms with E-state index in [1.165, 1.54) is 4.31 Å². The van der Waals surface area contributed by atoms with Crippen LogP contribution in [0, 0.1) is 0 Å². The highest BCUT2D eigenvalue weighted by Crippen LogP contribution is 2.20. The van der Waals surface area contributed by atoms with Gasteiger partial charge in [0.15, 0.2) is 0 Å². The molecule has 1 aliphatic heterocycles. The highest BCUT2D eigenvalue weighted by molar-refractivity contribution is 7.89. The van der Waals surface area contributed by atoms with Gasteiger partial charge < -0.3 is 9.80 Å². The molecule has 3 rings (SSSR count). The first-order valence-corrected chi connectivity index (χ1v) is 10.9. The maximum absolute atomic E-state index is 12.9. The van der Waals surface area contributed by atoms with E-state index in [9.17, 15) is 13.2 Å². The minimum atomic E-state index is -3.53. The number of amides is 1. The first kappa shape index (κ1) is 20.4. The lowest BCUT2D eigenvalue weighted by Crippen LogP contribution is -2.50. The minimum absolute atomic E-state index is 0.0605. The molecule has 0 atom stereocenters. The van der Waals surface area contributed by atoms with Gasteiger partial charge in [0.05, 0.1) is 4.90 Å². The van der Waals surface area contributed by atoms with E-state index in [-0.39, 0.29) is 5.91 Å². The van der Waals surface area contributed by atoms with Gasteiger partial charge in [-0.2, -0.15) is 4.31 Å². The summed E-state index contributed by atoms with van der Waals surface area (Å²) in [6.45, 7) is 3.42. The van der Waals surface area contributed by atoms with E-state index in [2.05, 4.69) is 0 Å². The molecule has 0 radical (unpaired) electrons. The zero-order valence-electron chi connectivity index (χ0n) is 16.6. The second-order valence-corrected chi connectivity index (χ2v) is 9.07. The Bertz CT molecular complexity index is 914. The molecule has 0 unspecified atom stereocenters. The van der Waals surface area contributed by atoms with Crippen molar-refractivity contribution in [3.8, 4) is 0 Å². The number of aryl methyl sites for hydroxylation is 1. The molecule has 0 saturated carbocycles. The van der Waals surface area contributed by atoms with Crippen molar-refractivity contribution in [2.24, 2.45) is 0 Å². The van der Waals surface area contributed by atoms with Gasteiger partial charge in [-0.3, -0.25) is 4.79 Å². The quantitative estimate of drug-likeness (QED) is 0.772. The van der Waals surface area contributed by atoms with Crippen LogP contribution < -0.4 is 4.90 Å². The summed E-state index contributed by atoms with van der Waals surface area (Å²) in [5.74, 6) is -0.0605. The van der Waals surface area contributed by atoms with Crippen molar-refractivity contribution in [1.29, 1.82) is 0 Å². The molecule has 28 heavy (non-hydrogen) atoms. The summed E-state index contributed by atoms with van der Waals surface area (Å²) >= 11 is 0. The van der Waals surface area contributed by atoms with Gasteiger partial charge in [-0.25, -0.2) is 8.42 Å². The molecule has 7 heteroatoms. The summed E-state index contributed by atoms with van der Waals surface area (Å²) in [6.07, 6.45) is 0.872. The van der Waals surface area contributed by atoms with Gasteiger partial charge in [-0.15, -0.1) is 0 Å². The fourth-order valence-electron chi connectivity index (χ4n) is 3.26. The number of sulfonamides is 1. The zero-order valence-corrected chi connectivity index (χ0v) is 17.4. The van der Waals surface area contributed by atoms with Crippen molar-refractivity contribution in [3.05, 3.63) is 59.7 Å². The van der Waals surface area contributed by atoms with Crippen LogP contribution in [0.5, 0.6) is 0 Å². The number of carbonyl (C=O) groups excluding carboxylic acids is 1. The fourth-order valence-corrected chi connectivity index (χ4v) is 4.68. The van der Waals surface area contributed by atoms with E-state index < -0.39 is 10.0 Å². The van der Waals surface area contributed by atoms with Gasteiger partial charge in [0, 0.05) is 51.5 Å². The van der Waals surface area contributed by atoms with Crippen molar-refractivity contribution < 1.29 is 13.2 Å². The van der Waals surface area contributed by atoms with Gasteiger partial charge >= 0.3 is 0 Å². The number of carbonyl (C=O) groups is 1. The number of anilines is 1. The van der Waals surface area contributed by atoms with Crippen LogP contribution in [-0.2, 0) is 16.4 Å². The topological polar surface area (TPSA) is 60.9 Å². The Morgan fingerprint density at radius 2 is 1.50 bits per heavy atom. The third-order valence-electron chi connectivity index (χ3n) is 5.13. The summed E-state index contributed by atoms with van der Waals surface area (Å²) in [5.41, 5.74) is 2.76. The van der Waals surface area contributed by atoms with Crippen LogP contribution in [0.4, 0.5) is 5.69 Å². The predicted molar refractivity (Wildman–Crippen MR) is 111 cm³/mol. The number of hydrogen-bond donors (Lipinski definition) is 0. The van der Waals surface area contributed by atoms with Crippen molar-refractivity contribution in [2.75, 3.05) is 45.2 Å². The highest BCUT2D eigenvalue weighted by Gasteiger charge is 2.30. The van der Waals surface area contributed by atoms with Crippen LogP contribution in [0.15, 0.2) is 53.4 Å². The third kappa shape index (κ3) is 4.20. The molecule has 1 saturated heterocycles. The Kier molecular flexibility index (Phi) is 6.05. The van der Waals surface area contributed by atoms with Gasteiger partial charge in [0.25, 0.3) is 5.91 Å². The van der Waals surface area contributed by atoms with E-state index in [0.29, 0.717) is 36.6 Å². The second kappa shape index (κ2) is 8.32. The number of nitrogens with zero attached hydrogens (tertiary/aromatic N) is 3. The molecule has 1 heterocycles. The first-order chi connectivity index (χ1) is 13.3. The average molecular weight is 402 g/mol. The number of rotatable bonds is 5. The van der Waals surface area contributed by atoms with E-state index in [1.807, 2.05) is 62.3 Å². The maximum Gasteiger partial charge on any atom is 0.253 e. The lowest BCUT2D eigenvalue weighted by molar-refractivity contribution is 0.0698. The van der Waals surface area contributed by atoms with Crippen LogP contribution in [-0.4, -0.2) is 63.8 Å². The normalized spacial score (nSPS) is 15.5. The van der Waals surface area contributed by atoms with E-state index in [4.69, 9.17) is 0 Å². The lowest BCUT2D eigenvalue weighted by atomic mass is 10.1. The molecule has 2 aromatic carbocycles.